The molecule has 0 radical (unpaired) electrons. The molecule has 0 N–H and O–H groups in total. The normalized spacial score (nSPS) is 11.2. The van der Waals surface area contributed by atoms with Crippen LogP contribution >= 0.6 is 8.58 Å². The lowest BCUT2D eigenvalue weighted by Crippen LogP contribution is -1.99. The Morgan fingerprint density at radius 3 is 2.18 bits per heavy atom. The van der Waals surface area contributed by atoms with Crippen molar-refractivity contribution in [3.8, 4) is 33.8 Å². The molecule has 0 aliphatic heterocycles. The van der Waals surface area contributed by atoms with Crippen LogP contribution in [-0.2, 0) is 0 Å². The van der Waals surface area contributed by atoms with Gasteiger partial charge in [-0.2, -0.15) is 0 Å². The second kappa shape index (κ2) is 8.04. The Labute approximate surface area is 167 Å². The first-order chi connectivity index (χ1) is 13.8. The van der Waals surface area contributed by atoms with E-state index in [2.05, 4.69) is 67.3 Å². The second-order valence-corrected chi connectivity index (χ2v) is 7.62. The lowest BCUT2D eigenvalue weighted by atomic mass is 9.94. The summed E-state index contributed by atoms with van der Waals surface area (Å²) in [6, 6.07) is 27.7. The van der Waals surface area contributed by atoms with Crippen molar-refractivity contribution >= 4 is 24.7 Å². The molecule has 0 aliphatic rings. The Balaban J connectivity index is 2.01. The highest BCUT2D eigenvalue weighted by molar-refractivity contribution is 7.46. The molecule has 0 saturated heterocycles. The van der Waals surface area contributed by atoms with Crippen LogP contribution in [-0.4, -0.2) is 20.9 Å². The van der Waals surface area contributed by atoms with E-state index < -0.39 is 0 Å². The SMILES string of the molecule is COc1cc2cc(-c3ccccc3PC)ccc2c(-c2ccccc2)c1OC. The van der Waals surface area contributed by atoms with E-state index in [1.54, 1.807) is 14.2 Å². The molecule has 0 spiro atoms. The fourth-order valence-corrected chi connectivity index (χ4v) is 4.49. The lowest BCUT2D eigenvalue weighted by molar-refractivity contribution is 0.357. The molecule has 140 valence electrons. The number of rotatable bonds is 5. The highest BCUT2D eigenvalue weighted by Gasteiger charge is 2.17. The van der Waals surface area contributed by atoms with Crippen LogP contribution in [0.5, 0.6) is 11.5 Å². The maximum Gasteiger partial charge on any atom is 0.169 e. The summed E-state index contributed by atoms with van der Waals surface area (Å²) in [7, 11) is 4.15. The predicted molar refractivity (Wildman–Crippen MR) is 122 cm³/mol. The molecular weight excluding hydrogens is 363 g/mol. The van der Waals surface area contributed by atoms with Crippen molar-refractivity contribution in [3.63, 3.8) is 0 Å². The van der Waals surface area contributed by atoms with Crippen molar-refractivity contribution in [2.24, 2.45) is 0 Å². The maximum absolute atomic E-state index is 5.76. The van der Waals surface area contributed by atoms with Crippen LogP contribution in [0.1, 0.15) is 0 Å². The number of hydrogen-bond donors (Lipinski definition) is 0. The summed E-state index contributed by atoms with van der Waals surface area (Å²) in [4.78, 5) is 0. The van der Waals surface area contributed by atoms with Gasteiger partial charge in [0, 0.05) is 5.56 Å². The highest BCUT2D eigenvalue weighted by Crippen LogP contribution is 2.44. The number of benzene rings is 4. The molecular formula is C25H23O2P. The van der Waals surface area contributed by atoms with E-state index >= 15 is 0 Å². The summed E-state index contributed by atoms with van der Waals surface area (Å²) in [6.45, 7) is 2.22. The molecule has 4 aromatic rings. The van der Waals surface area contributed by atoms with Crippen LogP contribution in [0.4, 0.5) is 0 Å². The number of ether oxygens (including phenoxy) is 2. The number of fused-ring (bicyclic) bond motifs is 1. The fraction of sp³-hybridized carbons (Fsp3) is 0.120. The molecule has 0 heterocycles. The lowest BCUT2D eigenvalue weighted by Gasteiger charge is -2.17. The Hall–Kier alpha value is -2.83. The van der Waals surface area contributed by atoms with Gasteiger partial charge in [0.15, 0.2) is 11.5 Å². The zero-order chi connectivity index (χ0) is 19.5. The van der Waals surface area contributed by atoms with Crippen molar-refractivity contribution in [1.82, 2.24) is 0 Å². The molecule has 0 aromatic heterocycles. The molecule has 3 heteroatoms. The highest BCUT2D eigenvalue weighted by atomic mass is 31.1. The molecule has 0 fully saturated rings. The second-order valence-electron chi connectivity index (χ2n) is 6.58. The van der Waals surface area contributed by atoms with Gasteiger partial charge in [-0.3, -0.25) is 0 Å². The van der Waals surface area contributed by atoms with E-state index in [1.165, 1.54) is 16.4 Å². The van der Waals surface area contributed by atoms with Crippen molar-refractivity contribution in [2.45, 2.75) is 0 Å². The molecule has 0 saturated carbocycles. The van der Waals surface area contributed by atoms with Gasteiger partial charge in [0.1, 0.15) is 0 Å². The van der Waals surface area contributed by atoms with Gasteiger partial charge in [-0.25, -0.2) is 0 Å². The largest absolute Gasteiger partial charge is 0.493 e. The zero-order valence-corrected chi connectivity index (χ0v) is 17.3. The van der Waals surface area contributed by atoms with Gasteiger partial charge >= 0.3 is 0 Å². The Bertz CT molecular complexity index is 1120. The fourth-order valence-electron chi connectivity index (χ4n) is 3.73. The van der Waals surface area contributed by atoms with Crippen LogP contribution in [0.25, 0.3) is 33.0 Å². The first-order valence-corrected chi connectivity index (χ1v) is 10.8. The summed E-state index contributed by atoms with van der Waals surface area (Å²) >= 11 is 0. The van der Waals surface area contributed by atoms with Crippen LogP contribution in [0.2, 0.25) is 0 Å². The summed E-state index contributed by atoms with van der Waals surface area (Å²) in [6.07, 6.45) is 0. The van der Waals surface area contributed by atoms with Gasteiger partial charge in [0.25, 0.3) is 0 Å². The molecule has 0 bridgehead atoms. The molecule has 28 heavy (non-hydrogen) atoms. The van der Waals surface area contributed by atoms with Crippen molar-refractivity contribution in [2.75, 3.05) is 20.9 Å². The molecule has 1 atom stereocenters. The van der Waals surface area contributed by atoms with Gasteiger partial charge in [0.2, 0.25) is 0 Å². The minimum atomic E-state index is 0.747. The van der Waals surface area contributed by atoms with Gasteiger partial charge < -0.3 is 9.47 Å². The predicted octanol–water partition coefficient (Wildman–Crippen LogP) is 6.12. The van der Waals surface area contributed by atoms with E-state index in [0.29, 0.717) is 0 Å². The average molecular weight is 386 g/mol. The summed E-state index contributed by atoms with van der Waals surface area (Å²) < 4.78 is 11.4. The minimum absolute atomic E-state index is 0.747. The molecule has 0 aliphatic carbocycles. The van der Waals surface area contributed by atoms with Gasteiger partial charge in [-0.15, -0.1) is 0 Å². The van der Waals surface area contributed by atoms with Crippen LogP contribution < -0.4 is 14.8 Å². The summed E-state index contributed by atoms with van der Waals surface area (Å²) in [5.74, 6) is 1.51. The number of hydrogen-bond acceptors (Lipinski definition) is 2. The topological polar surface area (TPSA) is 18.5 Å². The molecule has 4 aromatic carbocycles. The third kappa shape index (κ3) is 3.25. The van der Waals surface area contributed by atoms with Gasteiger partial charge in [-0.1, -0.05) is 75.3 Å². The van der Waals surface area contributed by atoms with Crippen LogP contribution in [0, 0.1) is 0 Å². The Morgan fingerprint density at radius 2 is 1.46 bits per heavy atom. The first kappa shape index (κ1) is 18.5. The minimum Gasteiger partial charge on any atom is -0.493 e. The van der Waals surface area contributed by atoms with Gasteiger partial charge in [-0.05, 0) is 51.6 Å². The van der Waals surface area contributed by atoms with Crippen molar-refractivity contribution in [3.05, 3.63) is 78.9 Å². The van der Waals surface area contributed by atoms with E-state index in [9.17, 15) is 0 Å². The van der Waals surface area contributed by atoms with Crippen LogP contribution in [0.3, 0.4) is 0 Å². The van der Waals surface area contributed by atoms with E-state index in [-0.39, 0.29) is 0 Å². The standard InChI is InChI=1S/C25H23O2P/c1-26-22-16-19-15-18(20-11-7-8-12-23(20)28-3)13-14-21(19)24(25(22)27-2)17-9-5-4-6-10-17/h4-16,28H,1-3H3. The summed E-state index contributed by atoms with van der Waals surface area (Å²) in [5.41, 5.74) is 4.70. The summed E-state index contributed by atoms with van der Waals surface area (Å²) in [5, 5.41) is 3.68. The van der Waals surface area contributed by atoms with Crippen LogP contribution in [0.15, 0.2) is 78.9 Å². The van der Waals surface area contributed by atoms with E-state index in [0.717, 1.165) is 42.0 Å². The quantitative estimate of drug-likeness (QED) is 0.385. The Morgan fingerprint density at radius 1 is 0.714 bits per heavy atom. The molecule has 2 nitrogen and oxygen atoms in total. The van der Waals surface area contributed by atoms with Crippen molar-refractivity contribution < 1.29 is 9.47 Å². The smallest absolute Gasteiger partial charge is 0.169 e. The van der Waals surface area contributed by atoms with Gasteiger partial charge in [0.05, 0.1) is 14.2 Å². The third-order valence-electron chi connectivity index (χ3n) is 5.05. The monoisotopic (exact) mass is 386 g/mol. The number of methoxy groups -OCH3 is 2. The Kier molecular flexibility index (Phi) is 5.32. The first-order valence-electron chi connectivity index (χ1n) is 9.28. The third-order valence-corrected chi connectivity index (χ3v) is 6.03. The zero-order valence-electron chi connectivity index (χ0n) is 16.3. The van der Waals surface area contributed by atoms with Crippen molar-refractivity contribution in [1.29, 1.82) is 0 Å². The molecule has 1 unspecified atom stereocenters. The molecule has 4 rings (SSSR count). The maximum atomic E-state index is 5.76. The van der Waals surface area contributed by atoms with E-state index in [1.807, 2.05) is 18.2 Å². The van der Waals surface area contributed by atoms with E-state index in [4.69, 9.17) is 9.47 Å². The molecule has 0 amide bonds. The average Bonchev–Trinajstić information content (AvgIpc) is 2.77.